The first-order valence-corrected chi connectivity index (χ1v) is 6.31. The number of fused-ring (bicyclic) bond motifs is 3. The van der Waals surface area contributed by atoms with Crippen LogP contribution >= 0.6 is 0 Å². The number of nitrogens with zero attached hydrogens (tertiary/aromatic N) is 3. The number of benzene rings is 1. The van der Waals surface area contributed by atoms with E-state index in [2.05, 4.69) is 40.0 Å². The molecule has 0 N–H and O–H groups in total. The normalized spacial score (nSPS) is 16.4. The molecule has 2 aliphatic rings. The highest BCUT2D eigenvalue weighted by molar-refractivity contribution is 6.10. The number of aryl methyl sites for hydroxylation is 1. The first kappa shape index (κ1) is 11.8. The average Bonchev–Trinajstić information content (AvgIpc) is 2.41. The third kappa shape index (κ3) is 2.23. The summed E-state index contributed by atoms with van der Waals surface area (Å²) >= 11 is 0. The lowest BCUT2D eigenvalue weighted by molar-refractivity contribution is 0.558. The molecule has 1 aromatic carbocycles. The van der Waals surface area contributed by atoms with E-state index >= 15 is 0 Å². The van der Waals surface area contributed by atoms with Gasteiger partial charge in [-0.25, -0.2) is 4.99 Å². The van der Waals surface area contributed by atoms with Crippen LogP contribution in [0.5, 0.6) is 0 Å². The van der Waals surface area contributed by atoms with Crippen molar-refractivity contribution in [3.8, 4) is 0 Å². The molecule has 0 amide bonds. The average molecular weight is 229 g/mol. The van der Waals surface area contributed by atoms with Crippen LogP contribution in [0.4, 0.5) is 5.69 Å². The minimum atomic E-state index is 0.938. The Balaban J connectivity index is 0.000000514. The lowest BCUT2D eigenvalue weighted by Crippen LogP contribution is -2.37. The van der Waals surface area contributed by atoms with Crippen LogP contribution < -0.4 is 0 Å². The molecule has 0 unspecified atom stereocenters. The minimum absolute atomic E-state index is 0.938. The Bertz CT molecular complexity index is 461. The van der Waals surface area contributed by atoms with Crippen molar-refractivity contribution in [2.75, 3.05) is 13.1 Å². The van der Waals surface area contributed by atoms with E-state index in [1.54, 1.807) is 0 Å². The molecular weight excluding hydrogens is 210 g/mol. The van der Waals surface area contributed by atoms with Crippen LogP contribution in [-0.4, -0.2) is 30.2 Å². The van der Waals surface area contributed by atoms with Gasteiger partial charge in [0.05, 0.1) is 12.0 Å². The maximum absolute atomic E-state index is 4.59. The van der Waals surface area contributed by atoms with Gasteiger partial charge < -0.3 is 4.90 Å². The number of hydrogen-bond donors (Lipinski definition) is 0. The second kappa shape index (κ2) is 5.13. The second-order valence-electron chi connectivity index (χ2n) is 4.02. The Morgan fingerprint density at radius 1 is 1.24 bits per heavy atom. The maximum Gasteiger partial charge on any atom is 0.138 e. The molecule has 2 aliphatic heterocycles. The van der Waals surface area contributed by atoms with E-state index in [0.29, 0.717) is 0 Å². The van der Waals surface area contributed by atoms with Gasteiger partial charge >= 0.3 is 0 Å². The van der Waals surface area contributed by atoms with Crippen LogP contribution in [0.15, 0.2) is 28.2 Å². The van der Waals surface area contributed by atoms with Crippen molar-refractivity contribution in [1.29, 1.82) is 0 Å². The molecule has 0 fully saturated rings. The zero-order valence-electron chi connectivity index (χ0n) is 10.8. The third-order valence-corrected chi connectivity index (χ3v) is 2.82. The Hall–Kier alpha value is -1.64. The Labute approximate surface area is 103 Å². The molecule has 0 aromatic heterocycles. The van der Waals surface area contributed by atoms with Crippen molar-refractivity contribution in [3.05, 3.63) is 29.3 Å². The standard InChI is InChI=1S/C12H13N3.C2H6/c1-9-3-4-11-10(7-9)12-13-5-2-6-15(12)8-14-11;1-2/h3-4,7-8H,2,5-6H2,1H3;1-2H3. The Kier molecular flexibility index (Phi) is 3.57. The fraction of sp³-hybridized carbons (Fsp3) is 0.429. The molecule has 17 heavy (non-hydrogen) atoms. The van der Waals surface area contributed by atoms with Crippen LogP contribution in [0.2, 0.25) is 0 Å². The van der Waals surface area contributed by atoms with Gasteiger partial charge in [0.2, 0.25) is 0 Å². The van der Waals surface area contributed by atoms with E-state index in [1.807, 2.05) is 20.2 Å². The van der Waals surface area contributed by atoms with Gasteiger partial charge in [-0.3, -0.25) is 4.99 Å². The third-order valence-electron chi connectivity index (χ3n) is 2.82. The van der Waals surface area contributed by atoms with E-state index in [1.165, 1.54) is 11.1 Å². The summed E-state index contributed by atoms with van der Waals surface area (Å²) in [6.45, 7) is 8.08. The molecule has 0 bridgehead atoms. The van der Waals surface area contributed by atoms with Crippen LogP contribution in [-0.2, 0) is 0 Å². The van der Waals surface area contributed by atoms with Gasteiger partial charge in [0, 0.05) is 18.7 Å². The summed E-state index contributed by atoms with van der Waals surface area (Å²) in [4.78, 5) is 11.2. The molecule has 0 atom stereocenters. The molecule has 0 radical (unpaired) electrons. The molecule has 90 valence electrons. The van der Waals surface area contributed by atoms with Crippen LogP contribution in [0, 0.1) is 6.92 Å². The van der Waals surface area contributed by atoms with E-state index in [4.69, 9.17) is 0 Å². The zero-order valence-corrected chi connectivity index (χ0v) is 10.8. The molecule has 3 rings (SSSR count). The van der Waals surface area contributed by atoms with Gasteiger partial charge in [-0.05, 0) is 25.5 Å². The summed E-state index contributed by atoms with van der Waals surface area (Å²) in [6.07, 6.45) is 3.02. The molecule has 2 heterocycles. The molecule has 0 aliphatic carbocycles. The largest absolute Gasteiger partial charge is 0.317 e. The van der Waals surface area contributed by atoms with Gasteiger partial charge in [-0.1, -0.05) is 25.5 Å². The fourth-order valence-corrected chi connectivity index (χ4v) is 2.05. The number of rotatable bonds is 0. The smallest absolute Gasteiger partial charge is 0.138 e. The van der Waals surface area contributed by atoms with E-state index in [0.717, 1.165) is 31.0 Å². The van der Waals surface area contributed by atoms with Crippen molar-refractivity contribution in [3.63, 3.8) is 0 Å². The summed E-state index contributed by atoms with van der Waals surface area (Å²) in [5.74, 6) is 1.09. The van der Waals surface area contributed by atoms with Gasteiger partial charge in [0.15, 0.2) is 0 Å². The molecule has 3 nitrogen and oxygen atoms in total. The van der Waals surface area contributed by atoms with Crippen LogP contribution in [0.3, 0.4) is 0 Å². The van der Waals surface area contributed by atoms with Gasteiger partial charge in [-0.2, -0.15) is 0 Å². The lowest BCUT2D eigenvalue weighted by atomic mass is 10.1. The van der Waals surface area contributed by atoms with E-state index in [9.17, 15) is 0 Å². The molecular formula is C14H19N3. The van der Waals surface area contributed by atoms with Gasteiger partial charge in [-0.15, -0.1) is 0 Å². The van der Waals surface area contributed by atoms with Crippen LogP contribution in [0.25, 0.3) is 0 Å². The first-order chi connectivity index (χ1) is 8.34. The Morgan fingerprint density at radius 3 is 2.88 bits per heavy atom. The monoisotopic (exact) mass is 229 g/mol. The van der Waals surface area contributed by atoms with Gasteiger partial charge in [0.25, 0.3) is 0 Å². The zero-order chi connectivity index (χ0) is 12.3. The quantitative estimate of drug-likeness (QED) is 0.671. The predicted octanol–water partition coefficient (Wildman–Crippen LogP) is 3.15. The highest BCUT2D eigenvalue weighted by Crippen LogP contribution is 2.26. The first-order valence-electron chi connectivity index (χ1n) is 6.31. The maximum atomic E-state index is 4.59. The molecule has 1 aromatic rings. The highest BCUT2D eigenvalue weighted by atomic mass is 15.2. The number of amidine groups is 1. The highest BCUT2D eigenvalue weighted by Gasteiger charge is 2.21. The molecule has 0 spiro atoms. The van der Waals surface area contributed by atoms with Crippen LogP contribution in [0.1, 0.15) is 31.4 Å². The van der Waals surface area contributed by atoms with Crippen molar-refractivity contribution >= 4 is 17.9 Å². The number of aliphatic imine (C=N–C) groups is 2. The van der Waals surface area contributed by atoms with Crippen molar-refractivity contribution in [1.82, 2.24) is 4.90 Å². The van der Waals surface area contributed by atoms with E-state index in [-0.39, 0.29) is 0 Å². The van der Waals surface area contributed by atoms with Crippen molar-refractivity contribution in [2.45, 2.75) is 27.2 Å². The van der Waals surface area contributed by atoms with E-state index < -0.39 is 0 Å². The Morgan fingerprint density at radius 2 is 2.06 bits per heavy atom. The van der Waals surface area contributed by atoms with Crippen molar-refractivity contribution < 1.29 is 0 Å². The summed E-state index contributed by atoms with van der Waals surface area (Å²) in [5.41, 5.74) is 3.48. The fourth-order valence-electron chi connectivity index (χ4n) is 2.05. The lowest BCUT2D eigenvalue weighted by Gasteiger charge is -2.29. The predicted molar refractivity (Wildman–Crippen MR) is 73.4 cm³/mol. The minimum Gasteiger partial charge on any atom is -0.317 e. The summed E-state index contributed by atoms with van der Waals surface area (Å²) in [6, 6.07) is 6.33. The van der Waals surface area contributed by atoms with Gasteiger partial charge in [0.1, 0.15) is 5.84 Å². The molecule has 3 heteroatoms. The summed E-state index contributed by atoms with van der Waals surface area (Å²) < 4.78 is 0. The SMILES string of the molecule is CC.Cc1ccc2c(c1)C1=NCCCN1C=N2. The molecule has 0 saturated carbocycles. The summed E-state index contributed by atoms with van der Waals surface area (Å²) in [5, 5.41) is 0. The topological polar surface area (TPSA) is 28.0 Å². The second-order valence-corrected chi connectivity index (χ2v) is 4.02. The number of hydrogen-bond acceptors (Lipinski definition) is 3. The summed E-state index contributed by atoms with van der Waals surface area (Å²) in [7, 11) is 0. The van der Waals surface area contributed by atoms with Crippen molar-refractivity contribution in [2.24, 2.45) is 9.98 Å². The molecule has 0 saturated heterocycles.